The molecule has 2 saturated heterocycles. The molecule has 5 amide bonds. The second-order valence-electron chi connectivity index (χ2n) is 16.6. The third-order valence-corrected chi connectivity index (χ3v) is 13.3. The molecule has 22 heteroatoms. The van der Waals surface area contributed by atoms with Crippen LogP contribution in [0.5, 0.6) is 5.75 Å². The molecule has 69 heavy (non-hydrogen) atoms. The number of hydrogen-bond donors (Lipinski definition) is 4. The van der Waals surface area contributed by atoms with E-state index in [1.54, 1.807) is 38.6 Å². The van der Waals surface area contributed by atoms with Crippen LogP contribution in [-0.4, -0.2) is 161 Å². The highest BCUT2D eigenvalue weighted by Crippen LogP contribution is 2.39. The van der Waals surface area contributed by atoms with E-state index in [2.05, 4.69) is 36.1 Å². The number of amides is 5. The standard InChI is InChI=1S/C47H57ClN9O11P/c1-64-38-29-31(11-12-34(38)52-47-50-30-33(48)43(54-47)51-35-8-4-5-10-39(35)69(2,3)63)55-17-19-56(20-18-55)41(59)15-21-65-23-25-67-27-28-68-26-24-66-22-16-49-36-9-6-7-32-42(36)46(62)57(45(32)61)37-13-14-40(58)53-44(37)60/h4-12,29-30,37,49H,13-28H2,1-3H3,(H,53,58,60)(H2,50,51,52,54). The third-order valence-electron chi connectivity index (χ3n) is 11.5. The molecule has 3 aliphatic rings. The highest BCUT2D eigenvalue weighted by atomic mass is 35.5. The summed E-state index contributed by atoms with van der Waals surface area (Å²) in [5, 5.41) is 12.8. The van der Waals surface area contributed by atoms with E-state index in [4.69, 9.17) is 35.3 Å². The number of fused-ring (bicyclic) bond motifs is 1. The maximum absolute atomic E-state index is 13.2. The van der Waals surface area contributed by atoms with E-state index in [0.29, 0.717) is 130 Å². The Morgan fingerprint density at radius 2 is 1.49 bits per heavy atom. The minimum atomic E-state index is -2.57. The Balaban J connectivity index is 0.719. The van der Waals surface area contributed by atoms with Gasteiger partial charge in [-0.3, -0.25) is 34.2 Å². The van der Waals surface area contributed by atoms with Gasteiger partial charge in [0.2, 0.25) is 23.7 Å². The van der Waals surface area contributed by atoms with Crippen molar-refractivity contribution in [1.29, 1.82) is 0 Å². The lowest BCUT2D eigenvalue weighted by Gasteiger charge is -2.36. The van der Waals surface area contributed by atoms with Crippen LogP contribution < -0.4 is 36.2 Å². The third kappa shape index (κ3) is 13.1. The number of imide groups is 2. The topological polar surface area (TPSA) is 232 Å². The minimum Gasteiger partial charge on any atom is -0.494 e. The molecule has 20 nitrogen and oxygen atoms in total. The summed E-state index contributed by atoms with van der Waals surface area (Å²) >= 11 is 6.45. The second-order valence-corrected chi connectivity index (χ2v) is 20.2. The lowest BCUT2D eigenvalue weighted by Crippen LogP contribution is -2.54. The zero-order chi connectivity index (χ0) is 48.9. The summed E-state index contributed by atoms with van der Waals surface area (Å²) in [5.74, 6) is -0.942. The van der Waals surface area contributed by atoms with Gasteiger partial charge >= 0.3 is 0 Å². The van der Waals surface area contributed by atoms with Crippen molar-refractivity contribution in [2.75, 3.05) is 127 Å². The molecule has 0 saturated carbocycles. The fraction of sp³-hybridized carbons (Fsp3) is 0.426. The van der Waals surface area contributed by atoms with Crippen molar-refractivity contribution in [2.45, 2.75) is 25.3 Å². The predicted molar refractivity (Wildman–Crippen MR) is 260 cm³/mol. The highest BCUT2D eigenvalue weighted by Gasteiger charge is 2.45. The van der Waals surface area contributed by atoms with E-state index in [1.165, 1.54) is 6.20 Å². The summed E-state index contributed by atoms with van der Waals surface area (Å²) in [6.07, 6.45) is 1.91. The van der Waals surface area contributed by atoms with Crippen molar-refractivity contribution < 1.29 is 52.2 Å². The van der Waals surface area contributed by atoms with Gasteiger partial charge in [-0.05, 0) is 56.1 Å². The Morgan fingerprint density at radius 3 is 2.19 bits per heavy atom. The predicted octanol–water partition coefficient (Wildman–Crippen LogP) is 4.49. The van der Waals surface area contributed by atoms with Crippen LogP contribution in [0.4, 0.5) is 34.5 Å². The fourth-order valence-corrected chi connectivity index (χ4v) is 9.30. The first kappa shape index (κ1) is 50.7. The number of ether oxygens (including phenoxy) is 5. The summed E-state index contributed by atoms with van der Waals surface area (Å²) in [4.78, 5) is 77.1. The molecule has 0 bridgehead atoms. The van der Waals surface area contributed by atoms with Gasteiger partial charge in [0.05, 0.1) is 95.1 Å². The number of halogens is 1. The molecule has 2 fully saturated rings. The van der Waals surface area contributed by atoms with Crippen LogP contribution in [0.15, 0.2) is 66.9 Å². The number of carbonyl (C=O) groups is 5. The molecular weight excluding hydrogens is 933 g/mol. The average Bonchev–Trinajstić information content (AvgIpc) is 3.59. The number of aromatic nitrogens is 2. The zero-order valence-electron chi connectivity index (χ0n) is 38.8. The van der Waals surface area contributed by atoms with E-state index in [9.17, 15) is 28.5 Å². The number of benzene rings is 3. The smallest absolute Gasteiger partial charge is 0.264 e. The van der Waals surface area contributed by atoms with Gasteiger partial charge in [-0.25, -0.2) is 4.98 Å². The lowest BCUT2D eigenvalue weighted by atomic mass is 10.0. The zero-order valence-corrected chi connectivity index (χ0v) is 40.4. The van der Waals surface area contributed by atoms with Crippen LogP contribution in [0.2, 0.25) is 5.02 Å². The van der Waals surface area contributed by atoms with Crippen molar-refractivity contribution >= 4 is 88.1 Å². The van der Waals surface area contributed by atoms with Gasteiger partial charge in [0.15, 0.2) is 5.82 Å². The number of methoxy groups -OCH3 is 1. The SMILES string of the molecule is COc1cc(N2CCN(C(=O)CCOCCOCCOCCOCCNc3cccc4c3C(=O)N(C3CCC(=O)NC3=O)C4=O)CC2)ccc1Nc1ncc(Cl)c(Nc2ccccc2P(C)(C)=O)n1. The van der Waals surface area contributed by atoms with Gasteiger partial charge in [0.1, 0.15) is 24.0 Å². The summed E-state index contributed by atoms with van der Waals surface area (Å²) in [6.45, 7) is 8.99. The van der Waals surface area contributed by atoms with Crippen LogP contribution in [0.25, 0.3) is 0 Å². The molecule has 3 aromatic carbocycles. The summed E-state index contributed by atoms with van der Waals surface area (Å²) in [7, 11) is -0.982. The Hall–Kier alpha value is -6.15. The van der Waals surface area contributed by atoms with Gasteiger partial charge in [0, 0.05) is 61.9 Å². The molecule has 4 N–H and O–H groups in total. The quantitative estimate of drug-likeness (QED) is 0.0430. The molecule has 1 unspecified atom stereocenters. The number of anilines is 6. The number of piperidine rings is 1. The number of nitrogens with zero attached hydrogens (tertiary/aromatic N) is 5. The molecular formula is C47H57ClN9O11P. The average molecular weight is 990 g/mol. The maximum Gasteiger partial charge on any atom is 0.264 e. The molecule has 4 heterocycles. The van der Waals surface area contributed by atoms with E-state index in [0.717, 1.165) is 10.6 Å². The van der Waals surface area contributed by atoms with Gasteiger partial charge in [-0.1, -0.05) is 29.8 Å². The first-order valence-electron chi connectivity index (χ1n) is 22.6. The van der Waals surface area contributed by atoms with Gasteiger partial charge < -0.3 is 54.0 Å². The van der Waals surface area contributed by atoms with Crippen molar-refractivity contribution in [3.8, 4) is 5.75 Å². The van der Waals surface area contributed by atoms with Crippen molar-refractivity contribution in [2.24, 2.45) is 0 Å². The van der Waals surface area contributed by atoms with Gasteiger partial charge in [0.25, 0.3) is 11.8 Å². The van der Waals surface area contributed by atoms with Crippen LogP contribution in [0.3, 0.4) is 0 Å². The Morgan fingerprint density at radius 1 is 0.812 bits per heavy atom. The highest BCUT2D eigenvalue weighted by molar-refractivity contribution is 7.70. The fourth-order valence-electron chi connectivity index (χ4n) is 8.01. The van der Waals surface area contributed by atoms with Crippen molar-refractivity contribution in [1.82, 2.24) is 25.1 Å². The Labute approximate surface area is 405 Å². The lowest BCUT2D eigenvalue weighted by molar-refractivity contribution is -0.136. The molecule has 0 aliphatic carbocycles. The van der Waals surface area contributed by atoms with Crippen molar-refractivity contribution in [3.05, 3.63) is 83.0 Å². The molecule has 0 spiro atoms. The van der Waals surface area contributed by atoms with Crippen LogP contribution in [0, 0.1) is 0 Å². The first-order chi connectivity index (χ1) is 33.3. The normalized spacial score (nSPS) is 16.1. The molecule has 7 rings (SSSR count). The first-order valence-corrected chi connectivity index (χ1v) is 25.6. The van der Waals surface area contributed by atoms with Crippen LogP contribution in [-0.2, 0) is 37.9 Å². The van der Waals surface area contributed by atoms with E-state index < -0.39 is 36.8 Å². The second kappa shape index (κ2) is 23.9. The number of piperazine rings is 1. The number of rotatable bonds is 24. The van der Waals surface area contributed by atoms with Crippen LogP contribution >= 0.6 is 18.7 Å². The Bertz CT molecular complexity index is 2560. The minimum absolute atomic E-state index is 0.0337. The molecule has 1 atom stereocenters. The molecule has 0 radical (unpaired) electrons. The molecule has 1 aromatic heterocycles. The summed E-state index contributed by atoms with van der Waals surface area (Å²) in [6, 6.07) is 17.0. The van der Waals surface area contributed by atoms with E-state index in [1.807, 2.05) is 47.4 Å². The van der Waals surface area contributed by atoms with Gasteiger partial charge in [-0.15, -0.1) is 0 Å². The number of carbonyl (C=O) groups excluding carboxylic acids is 5. The Kier molecular flexibility index (Phi) is 17.6. The number of para-hydroxylation sites is 1. The monoisotopic (exact) mass is 989 g/mol. The maximum atomic E-state index is 13.2. The molecule has 3 aliphatic heterocycles. The molecule has 4 aromatic rings. The van der Waals surface area contributed by atoms with Crippen LogP contribution in [0.1, 0.15) is 40.0 Å². The van der Waals surface area contributed by atoms with E-state index in [-0.39, 0.29) is 36.3 Å². The van der Waals surface area contributed by atoms with E-state index >= 15 is 0 Å². The van der Waals surface area contributed by atoms with Gasteiger partial charge in [-0.2, -0.15) is 4.98 Å². The summed E-state index contributed by atoms with van der Waals surface area (Å²) in [5.41, 5.74) is 3.12. The van der Waals surface area contributed by atoms with Crippen molar-refractivity contribution in [3.63, 3.8) is 0 Å². The number of nitrogens with one attached hydrogen (secondary N) is 4. The largest absolute Gasteiger partial charge is 0.494 e. The molecule has 368 valence electrons. The summed E-state index contributed by atoms with van der Waals surface area (Å²) < 4.78 is 41.0. The number of hydrogen-bond acceptors (Lipinski definition) is 17.